The summed E-state index contributed by atoms with van der Waals surface area (Å²) in [5, 5.41) is 15.2. The van der Waals surface area contributed by atoms with Crippen molar-refractivity contribution < 1.29 is 0 Å². The monoisotopic (exact) mass is 302 g/mol. The summed E-state index contributed by atoms with van der Waals surface area (Å²) in [7, 11) is 0. The molecule has 0 amide bonds. The summed E-state index contributed by atoms with van der Waals surface area (Å²) in [4.78, 5) is 12.6. The van der Waals surface area contributed by atoms with Crippen LogP contribution in [0.1, 0.15) is 11.1 Å². The van der Waals surface area contributed by atoms with E-state index in [1.165, 1.54) is 0 Å². The lowest BCUT2D eigenvalue weighted by Gasteiger charge is -2.08. The molecule has 6 heteroatoms. The summed E-state index contributed by atoms with van der Waals surface area (Å²) >= 11 is 0. The van der Waals surface area contributed by atoms with Crippen LogP contribution >= 0.6 is 0 Å². The lowest BCUT2D eigenvalue weighted by Crippen LogP contribution is -2.04. The molecule has 0 saturated heterocycles. The van der Waals surface area contributed by atoms with Gasteiger partial charge >= 0.3 is 0 Å². The predicted octanol–water partition coefficient (Wildman–Crippen LogP) is 3.10. The van der Waals surface area contributed by atoms with E-state index in [0.29, 0.717) is 18.1 Å². The van der Waals surface area contributed by atoms with Gasteiger partial charge in [0.15, 0.2) is 0 Å². The first-order valence-corrected chi connectivity index (χ1v) is 7.06. The second-order valence-electron chi connectivity index (χ2n) is 4.79. The molecular weight excluding hydrogens is 288 g/mol. The van der Waals surface area contributed by atoms with E-state index in [9.17, 15) is 0 Å². The number of nitrogens with zero attached hydrogens (tertiary/aromatic N) is 4. The van der Waals surface area contributed by atoms with Crippen LogP contribution in [0.25, 0.3) is 0 Å². The van der Waals surface area contributed by atoms with E-state index in [1.54, 1.807) is 30.7 Å². The predicted molar refractivity (Wildman–Crippen MR) is 88.0 cm³/mol. The second-order valence-corrected chi connectivity index (χ2v) is 4.79. The lowest BCUT2D eigenvalue weighted by atomic mass is 10.2. The first-order chi connectivity index (χ1) is 11.3. The molecule has 0 fully saturated rings. The Morgan fingerprint density at radius 3 is 2.48 bits per heavy atom. The van der Waals surface area contributed by atoms with Crippen molar-refractivity contribution in [1.82, 2.24) is 15.0 Å². The number of hydrogen-bond donors (Lipinski definition) is 2. The van der Waals surface area contributed by atoms with Gasteiger partial charge in [0, 0.05) is 30.8 Å². The molecule has 112 valence electrons. The highest BCUT2D eigenvalue weighted by Gasteiger charge is 2.01. The number of anilines is 3. The van der Waals surface area contributed by atoms with Crippen LogP contribution in [0.3, 0.4) is 0 Å². The maximum absolute atomic E-state index is 8.80. The molecular formula is C17H14N6. The first kappa shape index (κ1) is 14.5. The molecule has 0 aliphatic carbocycles. The van der Waals surface area contributed by atoms with Crippen LogP contribution in [0.15, 0.2) is 61.1 Å². The summed E-state index contributed by atoms with van der Waals surface area (Å²) in [5.41, 5.74) is 2.57. The molecule has 1 aromatic carbocycles. The lowest BCUT2D eigenvalue weighted by molar-refractivity contribution is 1.08. The largest absolute Gasteiger partial charge is 0.366 e. The number of aromatic nitrogens is 3. The van der Waals surface area contributed by atoms with E-state index in [1.807, 2.05) is 30.3 Å². The molecule has 0 atom stereocenters. The normalized spacial score (nSPS) is 9.87. The van der Waals surface area contributed by atoms with Gasteiger partial charge in [0.05, 0.1) is 11.6 Å². The van der Waals surface area contributed by atoms with E-state index >= 15 is 0 Å². The topological polar surface area (TPSA) is 86.5 Å². The Kier molecular flexibility index (Phi) is 4.41. The second kappa shape index (κ2) is 7.00. The van der Waals surface area contributed by atoms with Gasteiger partial charge in [-0.25, -0.2) is 4.98 Å². The van der Waals surface area contributed by atoms with Crippen molar-refractivity contribution >= 4 is 17.5 Å². The van der Waals surface area contributed by atoms with Gasteiger partial charge in [-0.3, -0.25) is 4.98 Å². The van der Waals surface area contributed by atoms with Crippen LogP contribution in [0.4, 0.5) is 17.5 Å². The zero-order valence-electron chi connectivity index (χ0n) is 12.3. The van der Waals surface area contributed by atoms with Crippen LogP contribution in [0.5, 0.6) is 0 Å². The van der Waals surface area contributed by atoms with Gasteiger partial charge in [0.25, 0.3) is 0 Å². The molecule has 0 bridgehead atoms. The third kappa shape index (κ3) is 4.02. The smallest absolute Gasteiger partial charge is 0.229 e. The van der Waals surface area contributed by atoms with E-state index in [4.69, 9.17) is 5.26 Å². The van der Waals surface area contributed by atoms with Gasteiger partial charge in [0.1, 0.15) is 5.82 Å². The molecule has 0 unspecified atom stereocenters. The minimum absolute atomic E-state index is 0.495. The van der Waals surface area contributed by atoms with Crippen molar-refractivity contribution in [2.45, 2.75) is 6.54 Å². The Hall–Kier alpha value is -3.46. The zero-order valence-corrected chi connectivity index (χ0v) is 12.3. The van der Waals surface area contributed by atoms with E-state index in [-0.39, 0.29) is 0 Å². The first-order valence-electron chi connectivity index (χ1n) is 7.06. The van der Waals surface area contributed by atoms with Gasteiger partial charge in [-0.15, -0.1) is 0 Å². The molecule has 2 heterocycles. The van der Waals surface area contributed by atoms with Gasteiger partial charge in [-0.1, -0.05) is 0 Å². The van der Waals surface area contributed by atoms with Crippen molar-refractivity contribution in [3.05, 3.63) is 72.2 Å². The van der Waals surface area contributed by atoms with Gasteiger partial charge in [-0.05, 0) is 48.0 Å². The number of pyridine rings is 1. The minimum atomic E-state index is 0.495. The molecule has 2 N–H and O–H groups in total. The van der Waals surface area contributed by atoms with Gasteiger partial charge in [0.2, 0.25) is 5.95 Å². The Morgan fingerprint density at radius 2 is 1.74 bits per heavy atom. The Morgan fingerprint density at radius 1 is 0.957 bits per heavy atom. The van der Waals surface area contributed by atoms with Gasteiger partial charge < -0.3 is 10.6 Å². The summed E-state index contributed by atoms with van der Waals surface area (Å²) < 4.78 is 0. The highest BCUT2D eigenvalue weighted by molar-refractivity contribution is 5.56. The molecule has 0 radical (unpaired) electrons. The van der Waals surface area contributed by atoms with Crippen molar-refractivity contribution in [3.8, 4) is 6.07 Å². The number of nitriles is 1. The Balaban J connectivity index is 1.66. The minimum Gasteiger partial charge on any atom is -0.366 e. The summed E-state index contributed by atoms with van der Waals surface area (Å²) in [5.74, 6) is 1.22. The molecule has 23 heavy (non-hydrogen) atoms. The van der Waals surface area contributed by atoms with Crippen molar-refractivity contribution in [1.29, 1.82) is 5.26 Å². The third-order valence-electron chi connectivity index (χ3n) is 3.15. The average Bonchev–Trinajstić information content (AvgIpc) is 2.62. The summed E-state index contributed by atoms with van der Waals surface area (Å²) in [6, 6.07) is 14.9. The van der Waals surface area contributed by atoms with Crippen molar-refractivity contribution in [3.63, 3.8) is 0 Å². The number of nitrogens with one attached hydrogen (secondary N) is 2. The fourth-order valence-corrected chi connectivity index (χ4v) is 1.97. The quantitative estimate of drug-likeness (QED) is 0.753. The molecule has 0 aliphatic heterocycles. The Labute approximate surface area is 133 Å². The van der Waals surface area contributed by atoms with Crippen LogP contribution in [0.2, 0.25) is 0 Å². The van der Waals surface area contributed by atoms with E-state index in [0.717, 1.165) is 17.1 Å². The number of hydrogen-bond acceptors (Lipinski definition) is 6. The summed E-state index contributed by atoms with van der Waals surface area (Å²) in [6.45, 7) is 0.663. The average molecular weight is 302 g/mol. The highest BCUT2D eigenvalue weighted by atomic mass is 15.1. The van der Waals surface area contributed by atoms with Crippen LogP contribution in [-0.2, 0) is 6.54 Å². The maximum atomic E-state index is 8.80. The van der Waals surface area contributed by atoms with Crippen LogP contribution in [-0.4, -0.2) is 15.0 Å². The Bertz CT molecular complexity index is 808. The molecule has 2 aromatic heterocycles. The summed E-state index contributed by atoms with van der Waals surface area (Å²) in [6.07, 6.45) is 5.21. The van der Waals surface area contributed by atoms with Crippen molar-refractivity contribution in [2.24, 2.45) is 0 Å². The molecule has 0 aliphatic rings. The van der Waals surface area contributed by atoms with Gasteiger partial charge in [-0.2, -0.15) is 10.2 Å². The van der Waals surface area contributed by atoms with E-state index < -0.39 is 0 Å². The standard InChI is InChI=1S/C17H14N6/c18-11-13-1-3-15(4-2-13)22-17-20-10-7-16(23-17)21-12-14-5-8-19-9-6-14/h1-10H,12H2,(H2,20,21,22,23). The third-order valence-corrected chi connectivity index (χ3v) is 3.15. The fourth-order valence-electron chi connectivity index (χ4n) is 1.97. The molecule has 0 spiro atoms. The molecule has 3 rings (SSSR count). The highest BCUT2D eigenvalue weighted by Crippen LogP contribution is 2.15. The number of rotatable bonds is 5. The molecule has 0 saturated carbocycles. The number of benzene rings is 1. The van der Waals surface area contributed by atoms with Crippen molar-refractivity contribution in [2.75, 3.05) is 10.6 Å². The van der Waals surface area contributed by atoms with Crippen LogP contribution in [0, 0.1) is 11.3 Å². The maximum Gasteiger partial charge on any atom is 0.229 e. The van der Waals surface area contributed by atoms with Crippen LogP contribution < -0.4 is 10.6 Å². The SMILES string of the molecule is N#Cc1ccc(Nc2nccc(NCc3ccncc3)n2)cc1. The molecule has 6 nitrogen and oxygen atoms in total. The van der Waals surface area contributed by atoms with E-state index in [2.05, 4.69) is 31.7 Å². The zero-order chi connectivity index (χ0) is 15.9. The molecule has 3 aromatic rings. The fraction of sp³-hybridized carbons (Fsp3) is 0.0588.